The predicted molar refractivity (Wildman–Crippen MR) is 80.5 cm³/mol. The van der Waals surface area contributed by atoms with Gasteiger partial charge in [-0.15, -0.1) is 0 Å². The fourth-order valence-corrected chi connectivity index (χ4v) is 3.57. The molecule has 22 heavy (non-hydrogen) atoms. The second-order valence-electron chi connectivity index (χ2n) is 5.51. The molecule has 2 aromatic rings. The van der Waals surface area contributed by atoms with Gasteiger partial charge >= 0.3 is 0 Å². The second kappa shape index (κ2) is 5.81. The molecule has 3 rings (SSSR count). The first-order valence-electron chi connectivity index (χ1n) is 7.25. The van der Waals surface area contributed by atoms with Crippen molar-refractivity contribution in [1.29, 1.82) is 0 Å². The molecule has 0 radical (unpaired) electrons. The molecule has 5 nitrogen and oxygen atoms in total. The molecule has 0 atom stereocenters. The number of rotatable bonds is 6. The average molecular weight is 323 g/mol. The summed E-state index contributed by atoms with van der Waals surface area (Å²) in [6.45, 7) is 2.64. The minimum absolute atomic E-state index is 0.202. The van der Waals surface area contributed by atoms with Crippen LogP contribution in [-0.2, 0) is 16.6 Å². The van der Waals surface area contributed by atoms with Gasteiger partial charge in [0.1, 0.15) is 16.5 Å². The molecule has 0 amide bonds. The van der Waals surface area contributed by atoms with Gasteiger partial charge in [0.05, 0.1) is 0 Å². The molecule has 1 aliphatic carbocycles. The Morgan fingerprint density at radius 2 is 2.09 bits per heavy atom. The van der Waals surface area contributed by atoms with E-state index in [1.807, 2.05) is 11.5 Å². The van der Waals surface area contributed by atoms with Crippen LogP contribution in [0.1, 0.15) is 30.3 Å². The van der Waals surface area contributed by atoms with E-state index in [1.54, 1.807) is 6.20 Å². The van der Waals surface area contributed by atoms with Gasteiger partial charge in [-0.1, -0.05) is 12.1 Å². The van der Waals surface area contributed by atoms with E-state index in [4.69, 9.17) is 0 Å². The third-order valence-corrected chi connectivity index (χ3v) is 5.28. The maximum absolute atomic E-state index is 13.6. The molecule has 1 heterocycles. The van der Waals surface area contributed by atoms with Gasteiger partial charge in [0.2, 0.25) is 10.0 Å². The normalized spacial score (nSPS) is 15.2. The molecule has 0 unspecified atom stereocenters. The van der Waals surface area contributed by atoms with Gasteiger partial charge in [-0.25, -0.2) is 22.5 Å². The van der Waals surface area contributed by atoms with E-state index >= 15 is 0 Å². The predicted octanol–water partition coefficient (Wildman–Crippen LogP) is 2.19. The average Bonchev–Trinajstić information content (AvgIpc) is 3.25. The van der Waals surface area contributed by atoms with Crippen LogP contribution in [0.2, 0.25) is 0 Å². The quantitative estimate of drug-likeness (QED) is 0.886. The highest BCUT2D eigenvalue weighted by Gasteiger charge is 2.28. The van der Waals surface area contributed by atoms with Crippen LogP contribution in [0.3, 0.4) is 0 Å². The van der Waals surface area contributed by atoms with Crippen molar-refractivity contribution in [2.75, 3.05) is 6.54 Å². The van der Waals surface area contributed by atoms with E-state index in [9.17, 15) is 12.8 Å². The number of hydrogen-bond acceptors (Lipinski definition) is 3. The van der Waals surface area contributed by atoms with Crippen LogP contribution >= 0.6 is 0 Å². The van der Waals surface area contributed by atoms with Gasteiger partial charge in [0, 0.05) is 30.9 Å². The zero-order valence-corrected chi connectivity index (χ0v) is 13.1. The zero-order chi connectivity index (χ0) is 15.7. The number of benzene rings is 1. The van der Waals surface area contributed by atoms with E-state index < -0.39 is 15.8 Å². The third-order valence-electron chi connectivity index (χ3n) is 3.78. The number of sulfonamides is 1. The van der Waals surface area contributed by atoms with Crippen LogP contribution in [0, 0.1) is 12.7 Å². The van der Waals surface area contributed by atoms with E-state index in [-0.39, 0.29) is 11.4 Å². The highest BCUT2D eigenvalue weighted by molar-refractivity contribution is 7.89. The molecule has 118 valence electrons. The van der Waals surface area contributed by atoms with Gasteiger partial charge in [-0.05, 0) is 31.9 Å². The Bertz CT molecular complexity index is 782. The minimum atomic E-state index is -3.83. The monoisotopic (exact) mass is 323 g/mol. The SMILES string of the molecule is Cc1cnc(C2CC2)n1CCNS(=O)(=O)c1ccccc1F. The molecule has 1 aromatic carbocycles. The van der Waals surface area contributed by atoms with Crippen LogP contribution < -0.4 is 4.72 Å². The Morgan fingerprint density at radius 1 is 1.36 bits per heavy atom. The molecule has 0 spiro atoms. The van der Waals surface area contributed by atoms with Gasteiger partial charge < -0.3 is 4.57 Å². The first-order valence-corrected chi connectivity index (χ1v) is 8.73. The summed E-state index contributed by atoms with van der Waals surface area (Å²) in [6, 6.07) is 5.36. The summed E-state index contributed by atoms with van der Waals surface area (Å²) in [6.07, 6.45) is 4.08. The summed E-state index contributed by atoms with van der Waals surface area (Å²) in [7, 11) is -3.83. The summed E-state index contributed by atoms with van der Waals surface area (Å²) in [5, 5.41) is 0. The molecule has 1 N–H and O–H groups in total. The van der Waals surface area contributed by atoms with Crippen LogP contribution in [0.5, 0.6) is 0 Å². The number of hydrogen-bond donors (Lipinski definition) is 1. The minimum Gasteiger partial charge on any atom is -0.331 e. The van der Waals surface area contributed by atoms with Gasteiger partial charge in [0.25, 0.3) is 0 Å². The van der Waals surface area contributed by atoms with Gasteiger partial charge in [-0.2, -0.15) is 0 Å². The summed E-state index contributed by atoms with van der Waals surface area (Å²) in [5.41, 5.74) is 1.01. The molecular weight excluding hydrogens is 305 g/mol. The largest absolute Gasteiger partial charge is 0.331 e. The van der Waals surface area contributed by atoms with Crippen molar-refractivity contribution in [2.45, 2.75) is 37.1 Å². The number of imidazole rings is 1. The summed E-state index contributed by atoms with van der Waals surface area (Å²) >= 11 is 0. The van der Waals surface area contributed by atoms with Crippen molar-refractivity contribution >= 4 is 10.0 Å². The van der Waals surface area contributed by atoms with Crippen molar-refractivity contribution in [3.63, 3.8) is 0 Å². The van der Waals surface area contributed by atoms with Gasteiger partial charge in [0.15, 0.2) is 0 Å². The number of nitrogens with one attached hydrogen (secondary N) is 1. The fourth-order valence-electron chi connectivity index (χ4n) is 2.47. The fraction of sp³-hybridized carbons (Fsp3) is 0.400. The molecule has 0 bridgehead atoms. The molecule has 7 heteroatoms. The smallest absolute Gasteiger partial charge is 0.243 e. The van der Waals surface area contributed by atoms with Crippen molar-refractivity contribution in [3.05, 3.63) is 47.8 Å². The van der Waals surface area contributed by atoms with Crippen molar-refractivity contribution in [2.24, 2.45) is 0 Å². The molecule has 1 aliphatic rings. The highest BCUT2D eigenvalue weighted by atomic mass is 32.2. The Morgan fingerprint density at radius 3 is 2.77 bits per heavy atom. The number of aryl methyl sites for hydroxylation is 1. The lowest BCUT2D eigenvalue weighted by molar-refractivity contribution is 0.548. The molecule has 1 fully saturated rings. The summed E-state index contributed by atoms with van der Waals surface area (Å²) in [5.74, 6) is 0.770. The van der Waals surface area contributed by atoms with Crippen molar-refractivity contribution in [3.8, 4) is 0 Å². The lowest BCUT2D eigenvalue weighted by Gasteiger charge is -2.11. The maximum Gasteiger partial charge on any atom is 0.243 e. The first-order chi connectivity index (χ1) is 10.5. The molecular formula is C15H18FN3O2S. The Hall–Kier alpha value is -1.73. The Balaban J connectivity index is 1.68. The summed E-state index contributed by atoms with van der Waals surface area (Å²) < 4.78 is 42.3. The van der Waals surface area contributed by atoms with Crippen molar-refractivity contribution < 1.29 is 12.8 Å². The number of aromatic nitrogens is 2. The lowest BCUT2D eigenvalue weighted by atomic mass is 10.4. The second-order valence-corrected chi connectivity index (χ2v) is 7.25. The highest BCUT2D eigenvalue weighted by Crippen LogP contribution is 2.39. The van der Waals surface area contributed by atoms with E-state index in [0.29, 0.717) is 12.5 Å². The Labute approximate surface area is 129 Å². The standard InChI is InChI=1S/C15H18FN3O2S/c1-11-10-17-15(12-6-7-12)19(11)9-8-18-22(20,21)14-5-3-2-4-13(14)16/h2-5,10,12,18H,6-9H2,1H3. The molecule has 0 aliphatic heterocycles. The lowest BCUT2D eigenvalue weighted by Crippen LogP contribution is -2.28. The summed E-state index contributed by atoms with van der Waals surface area (Å²) in [4.78, 5) is 4.07. The third kappa shape index (κ3) is 3.05. The Kier molecular flexibility index (Phi) is 4.01. The topological polar surface area (TPSA) is 64.0 Å². The zero-order valence-electron chi connectivity index (χ0n) is 12.3. The van der Waals surface area contributed by atoms with Crippen LogP contribution in [0.4, 0.5) is 4.39 Å². The number of nitrogens with zero attached hydrogens (tertiary/aromatic N) is 2. The molecule has 1 aromatic heterocycles. The first kappa shape index (κ1) is 15.2. The maximum atomic E-state index is 13.6. The van der Waals surface area contributed by atoms with Gasteiger partial charge in [-0.3, -0.25) is 0 Å². The van der Waals surface area contributed by atoms with Crippen LogP contribution in [0.25, 0.3) is 0 Å². The van der Waals surface area contributed by atoms with E-state index in [1.165, 1.54) is 18.2 Å². The van der Waals surface area contributed by atoms with Crippen LogP contribution in [-0.4, -0.2) is 24.5 Å². The number of halogens is 1. The van der Waals surface area contributed by atoms with E-state index in [2.05, 4.69) is 9.71 Å². The van der Waals surface area contributed by atoms with E-state index in [0.717, 1.165) is 30.4 Å². The van der Waals surface area contributed by atoms with Crippen LogP contribution in [0.15, 0.2) is 35.4 Å². The van der Waals surface area contributed by atoms with Crippen molar-refractivity contribution in [1.82, 2.24) is 14.3 Å². The molecule has 1 saturated carbocycles. The molecule has 0 saturated heterocycles.